The van der Waals surface area contributed by atoms with Gasteiger partial charge in [0.05, 0.1) is 20.4 Å². The highest BCUT2D eigenvalue weighted by atomic mass is 32.1. The number of rotatable bonds is 7. The van der Waals surface area contributed by atoms with E-state index in [1.54, 1.807) is 37.1 Å². The van der Waals surface area contributed by atoms with E-state index in [0.29, 0.717) is 38.5 Å². The van der Waals surface area contributed by atoms with Crippen LogP contribution in [0.5, 0.6) is 17.4 Å². The van der Waals surface area contributed by atoms with Crippen LogP contribution in [0.3, 0.4) is 0 Å². The lowest BCUT2D eigenvalue weighted by Gasteiger charge is -2.07. The predicted octanol–water partition coefficient (Wildman–Crippen LogP) is 4.80. The Hall–Kier alpha value is -1.86. The Morgan fingerprint density at radius 2 is 2.08 bits per heavy atom. The van der Waals surface area contributed by atoms with Gasteiger partial charge in [-0.25, -0.2) is 0 Å². The molecular formula is C17H22N2O3S2. The van der Waals surface area contributed by atoms with Crippen molar-refractivity contribution in [1.82, 2.24) is 4.57 Å². The highest BCUT2D eigenvalue weighted by Gasteiger charge is 2.11. The molecule has 0 radical (unpaired) electrons. The number of aliphatic imine (C=N–C) groups is 1. The molecule has 0 bridgehead atoms. The van der Waals surface area contributed by atoms with Crippen LogP contribution in [-0.2, 0) is 6.54 Å². The van der Waals surface area contributed by atoms with E-state index >= 15 is 0 Å². The summed E-state index contributed by atoms with van der Waals surface area (Å²) in [6, 6.07) is 5.38. The van der Waals surface area contributed by atoms with E-state index in [2.05, 4.69) is 18.8 Å². The molecule has 0 saturated heterocycles. The zero-order chi connectivity index (χ0) is 17.7. The molecule has 130 valence electrons. The lowest BCUT2D eigenvalue weighted by molar-refractivity contribution is 0.395. The van der Waals surface area contributed by atoms with Crippen LogP contribution in [0.1, 0.15) is 25.1 Å². The van der Waals surface area contributed by atoms with Crippen LogP contribution in [0.15, 0.2) is 23.2 Å². The number of hydrogen-bond donors (Lipinski definition) is 1. The molecule has 7 heteroatoms. The Kier molecular flexibility index (Phi) is 6.39. The minimum Gasteiger partial charge on any atom is -0.497 e. The summed E-state index contributed by atoms with van der Waals surface area (Å²) < 4.78 is 12.9. The summed E-state index contributed by atoms with van der Waals surface area (Å²) >= 11 is 6.69. The third-order valence-electron chi connectivity index (χ3n) is 3.53. The third-order valence-corrected chi connectivity index (χ3v) is 4.90. The van der Waals surface area contributed by atoms with Crippen molar-refractivity contribution in [2.45, 2.75) is 26.8 Å². The Morgan fingerprint density at radius 1 is 1.33 bits per heavy atom. The van der Waals surface area contributed by atoms with E-state index in [1.165, 1.54) is 11.3 Å². The standard InChI is InChI=1S/C17H22N2O3S2/c1-11(2)7-8-19-16(20)15(24-17(19)23)10-18-13-6-5-12(21-3)9-14(13)22-4/h5-6,9-11,20H,7-8H2,1-4H3. The molecular weight excluding hydrogens is 344 g/mol. The zero-order valence-electron chi connectivity index (χ0n) is 14.3. The lowest BCUT2D eigenvalue weighted by atomic mass is 10.1. The normalized spacial score (nSPS) is 11.4. The molecule has 0 unspecified atom stereocenters. The summed E-state index contributed by atoms with van der Waals surface area (Å²) in [5.41, 5.74) is 0.658. The number of methoxy groups -OCH3 is 2. The van der Waals surface area contributed by atoms with Crippen LogP contribution in [0, 0.1) is 9.87 Å². The monoisotopic (exact) mass is 366 g/mol. The second-order valence-electron chi connectivity index (χ2n) is 5.69. The zero-order valence-corrected chi connectivity index (χ0v) is 15.9. The van der Waals surface area contributed by atoms with Crippen molar-refractivity contribution in [1.29, 1.82) is 0 Å². The maximum atomic E-state index is 10.4. The Bertz CT molecular complexity index is 779. The van der Waals surface area contributed by atoms with Gasteiger partial charge in [-0.05, 0) is 36.7 Å². The third kappa shape index (κ3) is 4.36. The first kappa shape index (κ1) is 18.5. The number of aromatic hydroxyl groups is 1. The van der Waals surface area contributed by atoms with Crippen LogP contribution in [0.4, 0.5) is 5.69 Å². The van der Waals surface area contributed by atoms with Crippen molar-refractivity contribution >= 4 is 35.5 Å². The van der Waals surface area contributed by atoms with Gasteiger partial charge in [0.1, 0.15) is 22.1 Å². The van der Waals surface area contributed by atoms with Crippen LogP contribution in [-0.4, -0.2) is 30.1 Å². The maximum Gasteiger partial charge on any atom is 0.212 e. The molecule has 1 N–H and O–H groups in total. The Balaban J connectivity index is 2.27. The fraction of sp³-hybridized carbons (Fsp3) is 0.412. The van der Waals surface area contributed by atoms with Crippen LogP contribution >= 0.6 is 23.6 Å². The van der Waals surface area contributed by atoms with Gasteiger partial charge in [-0.3, -0.25) is 9.56 Å². The summed E-state index contributed by atoms with van der Waals surface area (Å²) in [6.07, 6.45) is 2.58. The number of thiazole rings is 1. The van der Waals surface area contributed by atoms with Crippen LogP contribution in [0.25, 0.3) is 0 Å². The van der Waals surface area contributed by atoms with E-state index in [0.717, 1.165) is 6.42 Å². The molecule has 1 aromatic carbocycles. The van der Waals surface area contributed by atoms with Gasteiger partial charge < -0.3 is 14.6 Å². The molecule has 5 nitrogen and oxygen atoms in total. The number of hydrogen-bond acceptors (Lipinski definition) is 6. The number of ether oxygens (including phenoxy) is 2. The molecule has 1 heterocycles. The summed E-state index contributed by atoms with van der Waals surface area (Å²) in [7, 11) is 3.18. The largest absolute Gasteiger partial charge is 0.497 e. The van der Waals surface area contributed by atoms with Gasteiger partial charge >= 0.3 is 0 Å². The molecule has 0 spiro atoms. The van der Waals surface area contributed by atoms with Gasteiger partial charge in [-0.1, -0.05) is 25.2 Å². The Morgan fingerprint density at radius 3 is 2.71 bits per heavy atom. The van der Waals surface area contributed by atoms with Crippen molar-refractivity contribution in [2.24, 2.45) is 10.9 Å². The smallest absolute Gasteiger partial charge is 0.212 e. The maximum absolute atomic E-state index is 10.4. The van der Waals surface area contributed by atoms with E-state index in [1.807, 2.05) is 6.07 Å². The molecule has 0 atom stereocenters. The predicted molar refractivity (Wildman–Crippen MR) is 101 cm³/mol. The molecule has 0 aliphatic heterocycles. The summed E-state index contributed by atoms with van der Waals surface area (Å²) in [4.78, 5) is 5.06. The average molecular weight is 367 g/mol. The van der Waals surface area contributed by atoms with Gasteiger partial charge in [0.2, 0.25) is 5.88 Å². The van der Waals surface area contributed by atoms with E-state index in [4.69, 9.17) is 21.7 Å². The van der Waals surface area contributed by atoms with Crippen LogP contribution < -0.4 is 9.47 Å². The molecule has 0 aliphatic rings. The molecule has 1 aromatic heterocycles. The molecule has 2 aromatic rings. The molecule has 2 rings (SSSR count). The second-order valence-corrected chi connectivity index (χ2v) is 7.36. The first-order valence-corrected chi connectivity index (χ1v) is 8.87. The van der Waals surface area contributed by atoms with Gasteiger partial charge in [0.15, 0.2) is 3.95 Å². The van der Waals surface area contributed by atoms with E-state index in [9.17, 15) is 5.11 Å². The van der Waals surface area contributed by atoms with Crippen molar-refractivity contribution in [3.63, 3.8) is 0 Å². The summed E-state index contributed by atoms with van der Waals surface area (Å²) in [6.45, 7) is 5.00. The fourth-order valence-corrected chi connectivity index (χ4v) is 3.33. The van der Waals surface area contributed by atoms with Crippen molar-refractivity contribution < 1.29 is 14.6 Å². The lowest BCUT2D eigenvalue weighted by Crippen LogP contribution is -2.00. The topological polar surface area (TPSA) is 56.0 Å². The average Bonchev–Trinajstić information content (AvgIpc) is 2.84. The highest BCUT2D eigenvalue weighted by Crippen LogP contribution is 2.32. The number of aromatic nitrogens is 1. The van der Waals surface area contributed by atoms with Crippen molar-refractivity contribution in [3.8, 4) is 17.4 Å². The summed E-state index contributed by atoms with van der Waals surface area (Å²) in [5.74, 6) is 2.02. The Labute approximate surface area is 151 Å². The molecule has 0 saturated carbocycles. The molecule has 24 heavy (non-hydrogen) atoms. The highest BCUT2D eigenvalue weighted by molar-refractivity contribution is 7.73. The number of benzene rings is 1. The molecule has 0 amide bonds. The van der Waals surface area contributed by atoms with Gasteiger partial charge in [0.25, 0.3) is 0 Å². The van der Waals surface area contributed by atoms with E-state index < -0.39 is 0 Å². The fourth-order valence-electron chi connectivity index (χ4n) is 2.10. The van der Waals surface area contributed by atoms with Crippen molar-refractivity contribution in [2.75, 3.05) is 14.2 Å². The van der Waals surface area contributed by atoms with Gasteiger partial charge in [-0.2, -0.15) is 0 Å². The number of nitrogens with zero attached hydrogens (tertiary/aromatic N) is 2. The first-order valence-electron chi connectivity index (χ1n) is 7.65. The first-order chi connectivity index (χ1) is 11.5. The van der Waals surface area contributed by atoms with E-state index in [-0.39, 0.29) is 5.88 Å². The minimum atomic E-state index is 0.168. The molecule has 0 aliphatic carbocycles. The van der Waals surface area contributed by atoms with Gasteiger partial charge in [-0.15, -0.1) is 0 Å². The minimum absolute atomic E-state index is 0.168. The van der Waals surface area contributed by atoms with Gasteiger partial charge in [0, 0.05) is 12.6 Å². The van der Waals surface area contributed by atoms with Crippen molar-refractivity contribution in [3.05, 3.63) is 27.0 Å². The molecule has 0 fully saturated rings. The summed E-state index contributed by atoms with van der Waals surface area (Å²) in [5, 5.41) is 10.4. The van der Waals surface area contributed by atoms with Crippen LogP contribution in [0.2, 0.25) is 0 Å². The second kappa shape index (κ2) is 8.30. The SMILES string of the molecule is COc1ccc(N=Cc2sc(=S)n(CCC(C)C)c2O)c(OC)c1. The quantitative estimate of drug-likeness (QED) is 0.565.